The first-order valence-corrected chi connectivity index (χ1v) is 3.73. The van der Waals surface area contributed by atoms with Gasteiger partial charge in [-0.25, -0.2) is 4.39 Å². The van der Waals surface area contributed by atoms with E-state index < -0.39 is 6.17 Å². The minimum atomic E-state index is -0.608. The summed E-state index contributed by atoms with van der Waals surface area (Å²) in [5, 5.41) is 3.05. The standard InChI is InChI=1S/C7H15FN2/c1-9-4-7-3-6(8)5-10(7)2/h6-7,9H,3-5H2,1-2H3/t6-,7-/m1/s1. The zero-order valence-corrected chi connectivity index (χ0v) is 6.60. The Hall–Kier alpha value is -0.150. The minimum Gasteiger partial charge on any atom is -0.318 e. The third-order valence-corrected chi connectivity index (χ3v) is 2.08. The molecule has 2 nitrogen and oxygen atoms in total. The van der Waals surface area contributed by atoms with E-state index in [2.05, 4.69) is 10.2 Å². The first-order valence-electron chi connectivity index (χ1n) is 3.73. The number of alkyl halides is 1. The highest BCUT2D eigenvalue weighted by Gasteiger charge is 2.28. The average Bonchev–Trinajstić information content (AvgIpc) is 2.13. The molecule has 60 valence electrons. The zero-order valence-electron chi connectivity index (χ0n) is 6.60. The Balaban J connectivity index is 2.31. The molecule has 0 unspecified atom stereocenters. The molecule has 1 aliphatic heterocycles. The summed E-state index contributed by atoms with van der Waals surface area (Å²) in [7, 11) is 3.88. The molecule has 0 aromatic carbocycles. The lowest BCUT2D eigenvalue weighted by Gasteiger charge is -2.17. The summed E-state index contributed by atoms with van der Waals surface area (Å²) in [5.41, 5.74) is 0. The summed E-state index contributed by atoms with van der Waals surface area (Å²) < 4.78 is 12.7. The van der Waals surface area contributed by atoms with E-state index in [1.54, 1.807) is 0 Å². The second-order valence-electron chi connectivity index (χ2n) is 2.98. The van der Waals surface area contributed by atoms with Crippen molar-refractivity contribution in [3.8, 4) is 0 Å². The van der Waals surface area contributed by atoms with E-state index in [0.29, 0.717) is 19.0 Å². The molecular weight excluding hydrogens is 131 g/mol. The summed E-state index contributed by atoms with van der Waals surface area (Å²) in [6.45, 7) is 1.50. The Bertz CT molecular complexity index is 108. The summed E-state index contributed by atoms with van der Waals surface area (Å²) in [6.07, 6.45) is 0.0838. The van der Waals surface area contributed by atoms with Crippen LogP contribution < -0.4 is 5.32 Å². The quantitative estimate of drug-likeness (QED) is 0.600. The molecule has 1 rings (SSSR count). The maximum absolute atomic E-state index is 12.7. The Morgan fingerprint density at radius 3 is 2.80 bits per heavy atom. The summed E-state index contributed by atoms with van der Waals surface area (Å²) >= 11 is 0. The molecule has 1 saturated heterocycles. The van der Waals surface area contributed by atoms with Crippen LogP contribution in [0.15, 0.2) is 0 Å². The van der Waals surface area contributed by atoms with Crippen LogP contribution in [0.1, 0.15) is 6.42 Å². The zero-order chi connectivity index (χ0) is 7.56. The van der Waals surface area contributed by atoms with E-state index in [9.17, 15) is 4.39 Å². The predicted molar refractivity (Wildman–Crippen MR) is 39.9 cm³/mol. The number of likely N-dealkylation sites (tertiary alicyclic amines) is 1. The van der Waals surface area contributed by atoms with Crippen LogP contribution in [0, 0.1) is 0 Å². The lowest BCUT2D eigenvalue weighted by atomic mass is 10.2. The summed E-state index contributed by atoms with van der Waals surface area (Å²) in [5.74, 6) is 0. The van der Waals surface area contributed by atoms with Crippen LogP contribution in [0.5, 0.6) is 0 Å². The van der Waals surface area contributed by atoms with Gasteiger partial charge in [0.15, 0.2) is 0 Å². The molecule has 0 aliphatic carbocycles. The van der Waals surface area contributed by atoms with E-state index in [4.69, 9.17) is 0 Å². The smallest absolute Gasteiger partial charge is 0.114 e. The van der Waals surface area contributed by atoms with Crippen molar-refractivity contribution < 1.29 is 4.39 Å². The first-order chi connectivity index (χ1) is 4.74. The maximum Gasteiger partial charge on any atom is 0.114 e. The van der Waals surface area contributed by atoms with Crippen molar-refractivity contribution in [3.05, 3.63) is 0 Å². The van der Waals surface area contributed by atoms with Gasteiger partial charge in [-0.1, -0.05) is 0 Å². The van der Waals surface area contributed by atoms with Crippen molar-refractivity contribution in [3.63, 3.8) is 0 Å². The van der Waals surface area contributed by atoms with Crippen LogP contribution in [0.3, 0.4) is 0 Å². The molecule has 1 fully saturated rings. The van der Waals surface area contributed by atoms with E-state index in [1.165, 1.54) is 0 Å². The van der Waals surface area contributed by atoms with Gasteiger partial charge in [-0.15, -0.1) is 0 Å². The molecule has 0 radical (unpaired) electrons. The van der Waals surface area contributed by atoms with Crippen LogP contribution in [-0.2, 0) is 0 Å². The van der Waals surface area contributed by atoms with Crippen LogP contribution >= 0.6 is 0 Å². The topological polar surface area (TPSA) is 15.3 Å². The molecule has 0 amide bonds. The summed E-state index contributed by atoms with van der Waals surface area (Å²) in [6, 6.07) is 0.403. The number of halogens is 1. The van der Waals surface area contributed by atoms with Gasteiger partial charge in [0.05, 0.1) is 0 Å². The Labute approximate surface area is 61.4 Å². The molecule has 1 heterocycles. The van der Waals surface area contributed by atoms with E-state index in [-0.39, 0.29) is 0 Å². The highest BCUT2D eigenvalue weighted by atomic mass is 19.1. The number of likely N-dealkylation sites (N-methyl/N-ethyl adjacent to an activating group) is 2. The van der Waals surface area contributed by atoms with Gasteiger partial charge >= 0.3 is 0 Å². The molecule has 1 N–H and O–H groups in total. The van der Waals surface area contributed by atoms with Crippen LogP contribution in [0.2, 0.25) is 0 Å². The van der Waals surface area contributed by atoms with Crippen molar-refractivity contribution in [2.75, 3.05) is 27.2 Å². The fraction of sp³-hybridized carbons (Fsp3) is 1.00. The van der Waals surface area contributed by atoms with Gasteiger partial charge in [-0.2, -0.15) is 0 Å². The third-order valence-electron chi connectivity index (χ3n) is 2.08. The molecule has 0 saturated carbocycles. The highest BCUT2D eigenvalue weighted by molar-refractivity contribution is 4.83. The number of hydrogen-bond donors (Lipinski definition) is 1. The van der Waals surface area contributed by atoms with Crippen LogP contribution in [-0.4, -0.2) is 44.3 Å². The average molecular weight is 146 g/mol. The maximum atomic E-state index is 12.7. The third kappa shape index (κ3) is 1.67. The van der Waals surface area contributed by atoms with Gasteiger partial charge in [0.1, 0.15) is 6.17 Å². The second-order valence-corrected chi connectivity index (χ2v) is 2.98. The van der Waals surface area contributed by atoms with E-state index in [1.807, 2.05) is 14.1 Å². The van der Waals surface area contributed by atoms with Gasteiger partial charge in [-0.3, -0.25) is 4.90 Å². The van der Waals surface area contributed by atoms with Gasteiger partial charge in [0.25, 0.3) is 0 Å². The summed E-state index contributed by atoms with van der Waals surface area (Å²) in [4.78, 5) is 2.07. The van der Waals surface area contributed by atoms with Crippen molar-refractivity contribution in [2.24, 2.45) is 0 Å². The number of hydrogen-bond acceptors (Lipinski definition) is 2. The number of nitrogens with zero attached hydrogens (tertiary/aromatic N) is 1. The molecule has 0 bridgehead atoms. The molecule has 3 heteroatoms. The Morgan fingerprint density at radius 1 is 1.70 bits per heavy atom. The Kier molecular flexibility index (Phi) is 2.63. The van der Waals surface area contributed by atoms with Crippen molar-refractivity contribution >= 4 is 0 Å². The van der Waals surface area contributed by atoms with Gasteiger partial charge in [-0.05, 0) is 20.5 Å². The fourth-order valence-corrected chi connectivity index (χ4v) is 1.49. The highest BCUT2D eigenvalue weighted by Crippen LogP contribution is 2.17. The van der Waals surface area contributed by atoms with Gasteiger partial charge < -0.3 is 5.32 Å². The Morgan fingerprint density at radius 2 is 2.40 bits per heavy atom. The largest absolute Gasteiger partial charge is 0.318 e. The van der Waals surface area contributed by atoms with Crippen molar-refractivity contribution in [1.29, 1.82) is 0 Å². The normalized spacial score (nSPS) is 35.1. The molecule has 0 spiro atoms. The molecule has 1 aliphatic rings. The van der Waals surface area contributed by atoms with Gasteiger partial charge in [0.2, 0.25) is 0 Å². The first kappa shape index (κ1) is 7.95. The van der Waals surface area contributed by atoms with Crippen molar-refractivity contribution in [2.45, 2.75) is 18.6 Å². The predicted octanol–water partition coefficient (Wildman–Crippen LogP) is 0.248. The fourth-order valence-electron chi connectivity index (χ4n) is 1.49. The number of nitrogens with one attached hydrogen (secondary N) is 1. The molecule has 0 aromatic heterocycles. The second kappa shape index (κ2) is 3.30. The van der Waals surface area contributed by atoms with Crippen LogP contribution in [0.25, 0.3) is 0 Å². The molecule has 10 heavy (non-hydrogen) atoms. The number of rotatable bonds is 2. The van der Waals surface area contributed by atoms with E-state index >= 15 is 0 Å². The van der Waals surface area contributed by atoms with Crippen molar-refractivity contribution in [1.82, 2.24) is 10.2 Å². The van der Waals surface area contributed by atoms with Crippen LogP contribution in [0.4, 0.5) is 4.39 Å². The minimum absolute atomic E-state index is 0.403. The lowest BCUT2D eigenvalue weighted by molar-refractivity contribution is 0.291. The van der Waals surface area contributed by atoms with E-state index in [0.717, 1.165) is 6.54 Å². The molecular formula is C7H15FN2. The molecule has 2 atom stereocenters. The SMILES string of the molecule is CNC[C@H]1C[C@@H](F)CN1C. The monoisotopic (exact) mass is 146 g/mol. The van der Waals surface area contributed by atoms with Gasteiger partial charge in [0, 0.05) is 19.1 Å². The molecule has 0 aromatic rings. The lowest BCUT2D eigenvalue weighted by Crippen LogP contribution is -2.33.